The van der Waals surface area contributed by atoms with Crippen LogP contribution in [0.25, 0.3) is 0 Å². The molecule has 0 saturated heterocycles. The third-order valence-corrected chi connectivity index (χ3v) is 3.58. The predicted molar refractivity (Wildman–Crippen MR) is 90.3 cm³/mol. The Morgan fingerprint density at radius 3 is 2.83 bits per heavy atom. The number of nitrogens with one attached hydrogen (secondary N) is 1. The van der Waals surface area contributed by atoms with E-state index in [0.717, 1.165) is 29.8 Å². The molecule has 1 heterocycles. The van der Waals surface area contributed by atoms with Crippen LogP contribution in [-0.4, -0.2) is 43.0 Å². The molecule has 2 aromatic rings. The maximum Gasteiger partial charge on any atom is 0.234 e. The Morgan fingerprint density at radius 1 is 1.26 bits per heavy atom. The highest BCUT2D eigenvalue weighted by Crippen LogP contribution is 2.17. The van der Waals surface area contributed by atoms with Gasteiger partial charge in [0.25, 0.3) is 0 Å². The molecule has 2 rings (SSSR count). The first-order valence-electron chi connectivity index (χ1n) is 7.65. The molecule has 1 aromatic carbocycles. The van der Waals surface area contributed by atoms with Gasteiger partial charge < -0.3 is 10.1 Å². The second kappa shape index (κ2) is 8.90. The smallest absolute Gasteiger partial charge is 0.234 e. The molecule has 0 spiro atoms. The maximum absolute atomic E-state index is 12.0. The van der Waals surface area contributed by atoms with Crippen molar-refractivity contribution in [3.8, 4) is 5.75 Å². The molecule has 0 saturated carbocycles. The molecule has 5 heteroatoms. The zero-order valence-electron chi connectivity index (χ0n) is 13.7. The van der Waals surface area contributed by atoms with Gasteiger partial charge in [0.15, 0.2) is 0 Å². The molecular weight excluding hydrogens is 290 g/mol. The number of aromatic nitrogens is 1. The third-order valence-electron chi connectivity index (χ3n) is 3.58. The van der Waals surface area contributed by atoms with Gasteiger partial charge in [0.05, 0.1) is 13.7 Å². The molecule has 0 fully saturated rings. The van der Waals surface area contributed by atoms with E-state index in [4.69, 9.17) is 4.74 Å². The Balaban J connectivity index is 1.73. The molecular formula is C18H23N3O2. The van der Waals surface area contributed by atoms with Crippen LogP contribution in [0.15, 0.2) is 48.8 Å². The quantitative estimate of drug-likeness (QED) is 0.808. The minimum absolute atomic E-state index is 0.0105. The summed E-state index contributed by atoms with van der Waals surface area (Å²) in [6, 6.07) is 11.8. The first kappa shape index (κ1) is 17.0. The molecule has 0 aliphatic carbocycles. The van der Waals surface area contributed by atoms with Crippen molar-refractivity contribution in [3.63, 3.8) is 0 Å². The van der Waals surface area contributed by atoms with Gasteiger partial charge in [-0.25, -0.2) is 0 Å². The predicted octanol–water partition coefficient (Wildman–Crippen LogP) is 1.88. The lowest BCUT2D eigenvalue weighted by Gasteiger charge is -2.17. The Morgan fingerprint density at radius 2 is 2.09 bits per heavy atom. The number of benzene rings is 1. The second-order valence-corrected chi connectivity index (χ2v) is 5.44. The van der Waals surface area contributed by atoms with Crippen LogP contribution in [0, 0.1) is 0 Å². The summed E-state index contributed by atoms with van der Waals surface area (Å²) in [4.78, 5) is 18.0. The van der Waals surface area contributed by atoms with Gasteiger partial charge in [0.1, 0.15) is 5.75 Å². The van der Waals surface area contributed by atoms with Crippen molar-refractivity contribution in [2.45, 2.75) is 13.0 Å². The highest BCUT2D eigenvalue weighted by molar-refractivity contribution is 5.77. The molecule has 0 unspecified atom stereocenters. The fraction of sp³-hybridized carbons (Fsp3) is 0.333. The number of hydrogen-bond donors (Lipinski definition) is 1. The fourth-order valence-corrected chi connectivity index (χ4v) is 2.30. The van der Waals surface area contributed by atoms with E-state index < -0.39 is 0 Å². The van der Waals surface area contributed by atoms with E-state index in [1.54, 1.807) is 19.5 Å². The van der Waals surface area contributed by atoms with Gasteiger partial charge >= 0.3 is 0 Å². The van der Waals surface area contributed by atoms with Crippen LogP contribution >= 0.6 is 0 Å². The molecule has 0 aliphatic heterocycles. The number of amides is 1. The molecule has 23 heavy (non-hydrogen) atoms. The number of nitrogens with zero attached hydrogens (tertiary/aromatic N) is 2. The maximum atomic E-state index is 12.0. The highest BCUT2D eigenvalue weighted by Gasteiger charge is 2.08. The van der Waals surface area contributed by atoms with E-state index in [-0.39, 0.29) is 5.91 Å². The van der Waals surface area contributed by atoms with Crippen molar-refractivity contribution in [1.82, 2.24) is 15.2 Å². The van der Waals surface area contributed by atoms with Crippen LogP contribution in [0.5, 0.6) is 5.75 Å². The SMILES string of the molecule is COc1ccccc1CCN(C)CC(=O)NCc1cccnc1. The first-order valence-corrected chi connectivity index (χ1v) is 7.65. The number of pyridine rings is 1. The molecule has 1 aromatic heterocycles. The number of carbonyl (C=O) groups is 1. The summed E-state index contributed by atoms with van der Waals surface area (Å²) in [6.45, 7) is 1.67. The van der Waals surface area contributed by atoms with Crippen molar-refractivity contribution in [1.29, 1.82) is 0 Å². The van der Waals surface area contributed by atoms with E-state index in [0.29, 0.717) is 13.1 Å². The normalized spacial score (nSPS) is 10.6. The minimum atomic E-state index is 0.0105. The van der Waals surface area contributed by atoms with Crippen LogP contribution < -0.4 is 10.1 Å². The number of likely N-dealkylation sites (N-methyl/N-ethyl adjacent to an activating group) is 1. The van der Waals surface area contributed by atoms with Gasteiger partial charge in [-0.15, -0.1) is 0 Å². The molecule has 0 aliphatic rings. The molecule has 0 atom stereocenters. The Kier molecular flexibility index (Phi) is 6.56. The van der Waals surface area contributed by atoms with Crippen LogP contribution in [-0.2, 0) is 17.8 Å². The summed E-state index contributed by atoms with van der Waals surface area (Å²) in [5.74, 6) is 0.901. The van der Waals surface area contributed by atoms with Gasteiger partial charge in [0.2, 0.25) is 5.91 Å². The summed E-state index contributed by atoms with van der Waals surface area (Å²) in [6.07, 6.45) is 4.32. The molecule has 5 nitrogen and oxygen atoms in total. The first-order chi connectivity index (χ1) is 11.2. The monoisotopic (exact) mass is 313 g/mol. The zero-order valence-corrected chi connectivity index (χ0v) is 13.7. The largest absolute Gasteiger partial charge is 0.496 e. The van der Waals surface area contributed by atoms with Gasteiger partial charge in [-0.05, 0) is 36.7 Å². The molecule has 0 bridgehead atoms. The lowest BCUT2D eigenvalue weighted by molar-refractivity contribution is -0.122. The van der Waals surface area contributed by atoms with Crippen molar-refractivity contribution < 1.29 is 9.53 Å². The molecule has 1 amide bonds. The summed E-state index contributed by atoms with van der Waals surface area (Å²) in [5.41, 5.74) is 2.15. The minimum Gasteiger partial charge on any atom is -0.496 e. The summed E-state index contributed by atoms with van der Waals surface area (Å²) < 4.78 is 5.34. The lowest BCUT2D eigenvalue weighted by Crippen LogP contribution is -2.35. The Hall–Kier alpha value is -2.40. The fourth-order valence-electron chi connectivity index (χ4n) is 2.30. The van der Waals surface area contributed by atoms with Crippen molar-refractivity contribution >= 4 is 5.91 Å². The highest BCUT2D eigenvalue weighted by atomic mass is 16.5. The number of carbonyl (C=O) groups excluding carboxylic acids is 1. The van der Waals surface area contributed by atoms with E-state index >= 15 is 0 Å². The van der Waals surface area contributed by atoms with Crippen LogP contribution in [0.3, 0.4) is 0 Å². The van der Waals surface area contributed by atoms with Crippen LogP contribution in [0.2, 0.25) is 0 Å². The number of rotatable bonds is 8. The number of para-hydroxylation sites is 1. The zero-order chi connectivity index (χ0) is 16.5. The van der Waals surface area contributed by atoms with E-state index in [2.05, 4.69) is 16.4 Å². The third kappa shape index (κ3) is 5.71. The van der Waals surface area contributed by atoms with E-state index in [1.165, 1.54) is 0 Å². The molecule has 0 radical (unpaired) electrons. The van der Waals surface area contributed by atoms with E-state index in [1.807, 2.05) is 42.3 Å². The van der Waals surface area contributed by atoms with Crippen LogP contribution in [0.1, 0.15) is 11.1 Å². The number of ether oxygens (including phenoxy) is 1. The van der Waals surface area contributed by atoms with Gasteiger partial charge in [-0.2, -0.15) is 0 Å². The molecule has 122 valence electrons. The van der Waals surface area contributed by atoms with Gasteiger partial charge in [-0.1, -0.05) is 24.3 Å². The van der Waals surface area contributed by atoms with Crippen molar-refractivity contribution in [3.05, 3.63) is 59.9 Å². The standard InChI is InChI=1S/C18H23N3O2/c1-21(11-9-16-7-3-4-8-17(16)23-2)14-18(22)20-13-15-6-5-10-19-12-15/h3-8,10,12H,9,11,13-14H2,1-2H3,(H,20,22). The summed E-state index contributed by atoms with van der Waals surface area (Å²) in [7, 11) is 3.62. The average Bonchev–Trinajstić information content (AvgIpc) is 2.59. The lowest BCUT2D eigenvalue weighted by atomic mass is 10.1. The van der Waals surface area contributed by atoms with Crippen LogP contribution in [0.4, 0.5) is 0 Å². The summed E-state index contributed by atoms with van der Waals surface area (Å²) in [5, 5.41) is 2.91. The topological polar surface area (TPSA) is 54.5 Å². The van der Waals surface area contributed by atoms with Gasteiger partial charge in [0, 0.05) is 25.5 Å². The van der Waals surface area contributed by atoms with Gasteiger partial charge in [-0.3, -0.25) is 14.7 Å². The summed E-state index contributed by atoms with van der Waals surface area (Å²) >= 11 is 0. The number of methoxy groups -OCH3 is 1. The van der Waals surface area contributed by atoms with E-state index in [9.17, 15) is 4.79 Å². The van der Waals surface area contributed by atoms with Crippen molar-refractivity contribution in [2.24, 2.45) is 0 Å². The average molecular weight is 313 g/mol. The number of hydrogen-bond acceptors (Lipinski definition) is 4. The molecule has 1 N–H and O–H groups in total. The Bertz CT molecular complexity index is 617. The second-order valence-electron chi connectivity index (χ2n) is 5.44. The Labute approximate surface area is 137 Å². The van der Waals surface area contributed by atoms with Crippen molar-refractivity contribution in [2.75, 3.05) is 27.2 Å².